The van der Waals surface area contributed by atoms with Crippen LogP contribution < -0.4 is 8.07 Å². The molecule has 0 aliphatic carbocycles. The Labute approximate surface area is 86.8 Å². The zero-order valence-electron chi connectivity index (χ0n) is 7.09. The van der Waals surface area contributed by atoms with E-state index in [2.05, 4.69) is 60.7 Å². The molecule has 2 aromatic carbocycles. The third kappa shape index (κ3) is 2.52. The van der Waals surface area contributed by atoms with Crippen molar-refractivity contribution in [2.75, 3.05) is 0 Å². The first-order chi connectivity index (χ1) is 6.45. The molecule has 0 aromatic heterocycles. The van der Waals surface area contributed by atoms with Crippen molar-refractivity contribution in [3.05, 3.63) is 60.7 Å². The summed E-state index contributed by atoms with van der Waals surface area (Å²) in [7, 11) is 0. The van der Waals surface area contributed by atoms with Crippen LogP contribution in [0.5, 0.6) is 0 Å². The van der Waals surface area contributed by atoms with Crippen molar-refractivity contribution in [2.24, 2.45) is 0 Å². The summed E-state index contributed by atoms with van der Waals surface area (Å²) in [6.45, 7) is 0. The van der Waals surface area contributed by atoms with Crippen molar-refractivity contribution in [3.8, 4) is 0 Å². The number of benzene rings is 2. The molecule has 0 bridgehead atoms. The van der Waals surface area contributed by atoms with E-state index in [9.17, 15) is 0 Å². The van der Waals surface area contributed by atoms with E-state index in [-0.39, 0.29) is 0 Å². The predicted molar refractivity (Wildman–Crippen MR) is 52.2 cm³/mol. The summed E-state index contributed by atoms with van der Waals surface area (Å²) < 4.78 is 2.84. The molecule has 0 aliphatic rings. The van der Waals surface area contributed by atoms with E-state index in [0.717, 1.165) is 0 Å². The van der Waals surface area contributed by atoms with Crippen LogP contribution in [0.25, 0.3) is 0 Å². The Hall–Kier alpha value is -0.898. The summed E-state index contributed by atoms with van der Waals surface area (Å²) in [5.41, 5.74) is 0. The van der Waals surface area contributed by atoms with Crippen LogP contribution in [-0.4, -0.2) is 0 Å². The van der Waals surface area contributed by atoms with Crippen LogP contribution in [0.2, 0.25) is 0 Å². The number of hydrogen-bond donors (Lipinski definition) is 0. The van der Waals surface area contributed by atoms with E-state index in [1.165, 1.54) is 8.07 Å². The molecule has 0 amide bonds. The average molecular weight is 261 g/mol. The standard InChI is InChI=1S/2C6H5.Pd/c2*1-2-4-6-5-3-1;/h2*1-5H;. The summed E-state index contributed by atoms with van der Waals surface area (Å²) in [4.78, 5) is 0. The van der Waals surface area contributed by atoms with Crippen molar-refractivity contribution >= 4 is 8.07 Å². The summed E-state index contributed by atoms with van der Waals surface area (Å²) in [6.07, 6.45) is 0. The van der Waals surface area contributed by atoms with Gasteiger partial charge in [-0.25, -0.2) is 0 Å². The van der Waals surface area contributed by atoms with E-state index in [0.29, 0.717) is 18.0 Å². The topological polar surface area (TPSA) is 0 Å². The van der Waals surface area contributed by atoms with E-state index in [1.807, 2.05) is 0 Å². The summed E-state index contributed by atoms with van der Waals surface area (Å²) in [5.74, 6) is 0. The van der Waals surface area contributed by atoms with Crippen molar-refractivity contribution in [1.82, 2.24) is 0 Å². The first-order valence-corrected chi connectivity index (χ1v) is 5.69. The average Bonchev–Trinajstić information content (AvgIpc) is 2.21. The molecule has 0 spiro atoms. The second kappa shape index (κ2) is 4.37. The molecular weight excluding hydrogens is 251 g/mol. The van der Waals surface area contributed by atoms with E-state index in [1.54, 1.807) is 0 Å². The van der Waals surface area contributed by atoms with Crippen LogP contribution in [0.4, 0.5) is 0 Å². The molecule has 13 heavy (non-hydrogen) atoms. The zero-order valence-corrected chi connectivity index (χ0v) is 8.64. The Balaban J connectivity index is 2.16. The first-order valence-electron chi connectivity index (χ1n) is 4.14. The number of rotatable bonds is 2. The molecule has 0 heterocycles. The molecular formula is C12H10Pd. The van der Waals surface area contributed by atoms with E-state index < -0.39 is 0 Å². The molecule has 0 unspecified atom stereocenters. The molecule has 0 radical (unpaired) electrons. The number of hydrogen-bond acceptors (Lipinski definition) is 0. The van der Waals surface area contributed by atoms with Gasteiger partial charge in [-0.1, -0.05) is 0 Å². The fourth-order valence-corrected chi connectivity index (χ4v) is 2.65. The van der Waals surface area contributed by atoms with Crippen LogP contribution in [-0.2, 0) is 18.0 Å². The molecule has 0 aliphatic heterocycles. The molecule has 2 rings (SSSR count). The Morgan fingerprint density at radius 1 is 0.538 bits per heavy atom. The zero-order chi connectivity index (χ0) is 8.93. The molecule has 2 aromatic rings. The minimum atomic E-state index is 0.575. The van der Waals surface area contributed by atoms with Gasteiger partial charge in [-0.15, -0.1) is 0 Å². The van der Waals surface area contributed by atoms with Gasteiger partial charge < -0.3 is 0 Å². The van der Waals surface area contributed by atoms with Crippen LogP contribution in [0, 0.1) is 0 Å². The normalized spacial score (nSPS) is 10.2. The SMILES string of the molecule is c1cc[c]([Pd][c]2ccccc2)cc1. The summed E-state index contributed by atoms with van der Waals surface area (Å²) in [6, 6.07) is 21.2. The maximum atomic E-state index is 2.18. The minimum absolute atomic E-state index is 0.575. The van der Waals surface area contributed by atoms with Crippen LogP contribution in [0.15, 0.2) is 60.7 Å². The van der Waals surface area contributed by atoms with Crippen molar-refractivity contribution in [2.45, 2.75) is 0 Å². The molecule has 0 atom stereocenters. The van der Waals surface area contributed by atoms with Crippen LogP contribution in [0.1, 0.15) is 0 Å². The third-order valence-corrected chi connectivity index (χ3v) is 3.54. The first kappa shape index (κ1) is 8.69. The molecule has 0 saturated carbocycles. The molecule has 68 valence electrons. The van der Waals surface area contributed by atoms with Crippen molar-refractivity contribution in [1.29, 1.82) is 0 Å². The second-order valence-corrected chi connectivity index (χ2v) is 4.78. The molecule has 0 saturated heterocycles. The van der Waals surface area contributed by atoms with Gasteiger partial charge in [0.2, 0.25) is 0 Å². The Bertz CT molecular complexity index is 316. The van der Waals surface area contributed by atoms with Gasteiger partial charge in [0.25, 0.3) is 0 Å². The third-order valence-electron chi connectivity index (χ3n) is 1.61. The molecule has 0 nitrogen and oxygen atoms in total. The van der Waals surface area contributed by atoms with Gasteiger partial charge in [-0.3, -0.25) is 0 Å². The second-order valence-electron chi connectivity index (χ2n) is 2.60. The Kier molecular flexibility index (Phi) is 2.92. The van der Waals surface area contributed by atoms with Gasteiger partial charge in [-0.2, -0.15) is 0 Å². The monoisotopic (exact) mass is 260 g/mol. The quantitative estimate of drug-likeness (QED) is 0.722. The van der Waals surface area contributed by atoms with Gasteiger partial charge in [0.15, 0.2) is 0 Å². The molecule has 1 heteroatoms. The van der Waals surface area contributed by atoms with Crippen LogP contribution >= 0.6 is 0 Å². The maximum absolute atomic E-state index is 2.18. The van der Waals surface area contributed by atoms with Gasteiger partial charge in [-0.05, 0) is 0 Å². The fourth-order valence-electron chi connectivity index (χ4n) is 1.02. The summed E-state index contributed by atoms with van der Waals surface area (Å²) >= 11 is 0.575. The van der Waals surface area contributed by atoms with Gasteiger partial charge >= 0.3 is 86.7 Å². The van der Waals surface area contributed by atoms with Gasteiger partial charge in [0.05, 0.1) is 0 Å². The van der Waals surface area contributed by atoms with Crippen LogP contribution in [0.3, 0.4) is 0 Å². The van der Waals surface area contributed by atoms with Crippen molar-refractivity contribution in [3.63, 3.8) is 0 Å². The van der Waals surface area contributed by atoms with E-state index in [4.69, 9.17) is 0 Å². The summed E-state index contributed by atoms with van der Waals surface area (Å²) in [5, 5.41) is 0. The van der Waals surface area contributed by atoms with Gasteiger partial charge in [0, 0.05) is 0 Å². The molecule has 0 N–H and O–H groups in total. The fraction of sp³-hybridized carbons (Fsp3) is 0. The van der Waals surface area contributed by atoms with Gasteiger partial charge in [0.1, 0.15) is 0 Å². The molecule has 0 fully saturated rings. The predicted octanol–water partition coefficient (Wildman–Crippen LogP) is 1.72. The van der Waals surface area contributed by atoms with Crippen molar-refractivity contribution < 1.29 is 18.0 Å². The van der Waals surface area contributed by atoms with E-state index >= 15 is 0 Å². The Morgan fingerprint density at radius 3 is 1.31 bits per heavy atom. The Morgan fingerprint density at radius 2 is 0.923 bits per heavy atom.